The number of aromatic amines is 1. The molecule has 0 aliphatic rings. The largest absolute Gasteiger partial charge is 0.384 e. The molecule has 0 saturated carbocycles. The molecule has 1 heterocycles. The van der Waals surface area contributed by atoms with Gasteiger partial charge in [-0.1, -0.05) is 0 Å². The van der Waals surface area contributed by atoms with Crippen LogP contribution in [0, 0.1) is 12.3 Å². The normalized spacial score (nSPS) is 9.36. The molecule has 74 valence electrons. The summed E-state index contributed by atoms with van der Waals surface area (Å²) in [5.41, 5.74) is 6.30. The molecular weight excluding hydrogens is 180 g/mol. The van der Waals surface area contributed by atoms with Gasteiger partial charge in [0.15, 0.2) is 0 Å². The molecule has 0 aliphatic carbocycles. The Morgan fingerprint density at radius 2 is 2.57 bits per heavy atom. The van der Waals surface area contributed by atoms with E-state index in [0.29, 0.717) is 25.2 Å². The van der Waals surface area contributed by atoms with Gasteiger partial charge in [0.05, 0.1) is 6.20 Å². The average Bonchev–Trinajstić information content (AvgIpc) is 2.58. The van der Waals surface area contributed by atoms with Crippen LogP contribution < -0.4 is 11.1 Å². The molecule has 0 radical (unpaired) electrons. The number of nitrogen functional groups attached to an aromatic ring is 1. The second-order valence-corrected chi connectivity index (χ2v) is 2.79. The van der Waals surface area contributed by atoms with Crippen LogP contribution in [0.5, 0.6) is 0 Å². The van der Waals surface area contributed by atoms with Gasteiger partial charge >= 0.3 is 0 Å². The van der Waals surface area contributed by atoms with E-state index in [0.717, 1.165) is 5.56 Å². The third kappa shape index (κ3) is 2.83. The maximum atomic E-state index is 11.1. The highest BCUT2D eigenvalue weighted by Gasteiger charge is 2.03. The minimum Gasteiger partial charge on any atom is -0.384 e. The van der Waals surface area contributed by atoms with Crippen LogP contribution in [0.4, 0.5) is 5.82 Å². The fourth-order valence-corrected chi connectivity index (χ4v) is 0.930. The van der Waals surface area contributed by atoms with E-state index in [9.17, 15) is 4.79 Å². The Bertz CT molecular complexity index is 350. The van der Waals surface area contributed by atoms with Crippen LogP contribution >= 0.6 is 0 Å². The van der Waals surface area contributed by atoms with E-state index in [-0.39, 0.29) is 5.91 Å². The molecule has 0 aliphatic heterocycles. The van der Waals surface area contributed by atoms with Gasteiger partial charge in [-0.2, -0.15) is 5.10 Å². The van der Waals surface area contributed by atoms with Gasteiger partial charge in [0.25, 0.3) is 0 Å². The average molecular weight is 192 g/mol. The Kier molecular flexibility index (Phi) is 3.56. The molecule has 0 fully saturated rings. The minimum absolute atomic E-state index is 0.0800. The van der Waals surface area contributed by atoms with Crippen LogP contribution in [0.1, 0.15) is 18.4 Å². The van der Waals surface area contributed by atoms with Crippen molar-refractivity contribution in [2.75, 3.05) is 5.73 Å². The number of terminal acetylenes is 1. The van der Waals surface area contributed by atoms with Crippen molar-refractivity contribution in [3.05, 3.63) is 11.8 Å². The highest BCUT2D eigenvalue weighted by molar-refractivity contribution is 5.76. The Hall–Kier alpha value is -1.96. The molecule has 0 saturated heterocycles. The number of nitrogens with one attached hydrogen (secondary N) is 2. The van der Waals surface area contributed by atoms with E-state index in [1.165, 1.54) is 0 Å². The second kappa shape index (κ2) is 4.92. The van der Waals surface area contributed by atoms with Gasteiger partial charge in [-0.3, -0.25) is 9.89 Å². The summed E-state index contributed by atoms with van der Waals surface area (Å²) in [6, 6.07) is 0. The van der Waals surface area contributed by atoms with Crippen LogP contribution in [0.15, 0.2) is 6.20 Å². The first-order chi connectivity index (χ1) is 6.74. The molecule has 5 heteroatoms. The number of nitrogens with zero attached hydrogens (tertiary/aromatic N) is 1. The molecule has 0 bridgehead atoms. The zero-order chi connectivity index (χ0) is 10.4. The Morgan fingerprint density at radius 1 is 1.79 bits per heavy atom. The molecule has 0 atom stereocenters. The molecule has 1 rings (SSSR count). The topological polar surface area (TPSA) is 83.8 Å². The molecule has 1 aromatic heterocycles. The van der Waals surface area contributed by atoms with Crippen LogP contribution in [0.25, 0.3) is 0 Å². The number of aromatic nitrogens is 2. The predicted octanol–water partition coefficient (Wildman–Crippen LogP) is 0.0215. The van der Waals surface area contributed by atoms with Crippen LogP contribution in [0.3, 0.4) is 0 Å². The van der Waals surface area contributed by atoms with Gasteiger partial charge in [-0.25, -0.2) is 0 Å². The van der Waals surface area contributed by atoms with Crippen molar-refractivity contribution in [3.63, 3.8) is 0 Å². The van der Waals surface area contributed by atoms with Crippen LogP contribution in [-0.4, -0.2) is 16.1 Å². The summed E-state index contributed by atoms with van der Waals surface area (Å²) < 4.78 is 0. The standard InChI is InChI=1S/C9H12N4O/c1-2-3-4-8(14)11-5-7-6-12-13-9(7)10/h1,6H,3-5H2,(H,11,14)(H3,10,12,13). The zero-order valence-electron chi connectivity index (χ0n) is 7.71. The summed E-state index contributed by atoms with van der Waals surface area (Å²) in [4.78, 5) is 11.1. The number of amides is 1. The van der Waals surface area contributed by atoms with E-state index in [2.05, 4.69) is 21.4 Å². The quantitative estimate of drug-likeness (QED) is 0.588. The van der Waals surface area contributed by atoms with E-state index >= 15 is 0 Å². The number of carbonyl (C=O) groups is 1. The SMILES string of the molecule is C#CCCC(=O)NCc1cn[nH]c1N. The van der Waals surface area contributed by atoms with E-state index in [4.69, 9.17) is 12.2 Å². The molecule has 1 amide bonds. The van der Waals surface area contributed by atoms with Crippen molar-refractivity contribution in [1.29, 1.82) is 0 Å². The lowest BCUT2D eigenvalue weighted by Crippen LogP contribution is -2.22. The highest BCUT2D eigenvalue weighted by atomic mass is 16.1. The lowest BCUT2D eigenvalue weighted by Gasteiger charge is -2.01. The van der Waals surface area contributed by atoms with Gasteiger partial charge < -0.3 is 11.1 Å². The van der Waals surface area contributed by atoms with Gasteiger partial charge in [-0.05, 0) is 0 Å². The lowest BCUT2D eigenvalue weighted by atomic mass is 10.3. The van der Waals surface area contributed by atoms with Crippen molar-refractivity contribution >= 4 is 11.7 Å². The number of carbonyl (C=O) groups excluding carboxylic acids is 1. The molecule has 5 nitrogen and oxygen atoms in total. The first-order valence-electron chi connectivity index (χ1n) is 4.22. The summed E-state index contributed by atoms with van der Waals surface area (Å²) >= 11 is 0. The predicted molar refractivity (Wildman–Crippen MR) is 52.9 cm³/mol. The number of anilines is 1. The third-order valence-electron chi connectivity index (χ3n) is 1.72. The van der Waals surface area contributed by atoms with Gasteiger partial charge in [0, 0.05) is 24.9 Å². The summed E-state index contributed by atoms with van der Waals surface area (Å²) in [6.45, 7) is 0.381. The Balaban J connectivity index is 2.31. The van der Waals surface area contributed by atoms with Gasteiger partial charge in [-0.15, -0.1) is 12.3 Å². The van der Waals surface area contributed by atoms with E-state index < -0.39 is 0 Å². The second-order valence-electron chi connectivity index (χ2n) is 2.79. The Labute approximate surface area is 82.1 Å². The van der Waals surface area contributed by atoms with Crippen molar-refractivity contribution < 1.29 is 4.79 Å². The maximum Gasteiger partial charge on any atom is 0.221 e. The van der Waals surface area contributed by atoms with Crippen LogP contribution in [0.2, 0.25) is 0 Å². The van der Waals surface area contributed by atoms with Crippen molar-refractivity contribution in [2.24, 2.45) is 0 Å². The number of H-pyrrole nitrogens is 1. The molecule has 0 aromatic carbocycles. The molecule has 14 heavy (non-hydrogen) atoms. The smallest absolute Gasteiger partial charge is 0.221 e. The number of hydrogen-bond donors (Lipinski definition) is 3. The van der Waals surface area contributed by atoms with E-state index in [1.54, 1.807) is 6.20 Å². The van der Waals surface area contributed by atoms with Crippen molar-refractivity contribution in [1.82, 2.24) is 15.5 Å². The third-order valence-corrected chi connectivity index (χ3v) is 1.72. The Morgan fingerprint density at radius 3 is 3.14 bits per heavy atom. The highest BCUT2D eigenvalue weighted by Crippen LogP contribution is 2.04. The number of hydrogen-bond acceptors (Lipinski definition) is 3. The van der Waals surface area contributed by atoms with Gasteiger partial charge in [0.1, 0.15) is 5.82 Å². The summed E-state index contributed by atoms with van der Waals surface area (Å²) in [6.07, 6.45) is 7.40. The molecule has 0 unspecified atom stereocenters. The fourth-order valence-electron chi connectivity index (χ4n) is 0.930. The van der Waals surface area contributed by atoms with Crippen molar-refractivity contribution in [2.45, 2.75) is 19.4 Å². The fraction of sp³-hybridized carbons (Fsp3) is 0.333. The van der Waals surface area contributed by atoms with Crippen molar-refractivity contribution in [3.8, 4) is 12.3 Å². The van der Waals surface area contributed by atoms with E-state index in [1.807, 2.05) is 0 Å². The first-order valence-corrected chi connectivity index (χ1v) is 4.22. The first kappa shape index (κ1) is 10.1. The number of nitrogens with two attached hydrogens (primary N) is 1. The van der Waals surface area contributed by atoms with Gasteiger partial charge in [0.2, 0.25) is 5.91 Å². The molecule has 0 spiro atoms. The lowest BCUT2D eigenvalue weighted by molar-refractivity contribution is -0.121. The van der Waals surface area contributed by atoms with Crippen LogP contribution in [-0.2, 0) is 11.3 Å². The summed E-state index contributed by atoms with van der Waals surface area (Å²) in [7, 11) is 0. The molecule has 1 aromatic rings. The minimum atomic E-state index is -0.0800. The zero-order valence-corrected chi connectivity index (χ0v) is 7.71. The summed E-state index contributed by atoms with van der Waals surface area (Å²) in [5.74, 6) is 2.79. The number of rotatable bonds is 4. The molecule has 4 N–H and O–H groups in total. The summed E-state index contributed by atoms with van der Waals surface area (Å²) in [5, 5.41) is 8.99. The monoisotopic (exact) mass is 192 g/mol. The maximum absolute atomic E-state index is 11.1. The molecular formula is C9H12N4O.